The van der Waals surface area contributed by atoms with E-state index in [1.807, 2.05) is 18.3 Å². The topological polar surface area (TPSA) is 19.4 Å². The highest BCUT2D eigenvalue weighted by Crippen LogP contribution is 2.13. The van der Waals surface area contributed by atoms with Crippen LogP contribution in [0.4, 0.5) is 4.39 Å². The summed E-state index contributed by atoms with van der Waals surface area (Å²) in [6, 6.07) is 11.0. The van der Waals surface area contributed by atoms with Gasteiger partial charge < -0.3 is 0 Å². The summed E-state index contributed by atoms with van der Waals surface area (Å²) in [6.07, 6.45) is 1.86. The second kappa shape index (κ2) is 6.99. The number of rotatable bonds is 4. The van der Waals surface area contributed by atoms with Crippen LogP contribution < -0.4 is 0 Å². The molecule has 2 aromatic rings. The maximum Gasteiger partial charge on any atom is 0.123 e. The second-order valence-corrected chi connectivity index (χ2v) is 5.95. The number of hydrogen-bond acceptors (Lipinski definition) is 3. The van der Waals surface area contributed by atoms with E-state index in [0.29, 0.717) is 0 Å². The molecule has 0 bridgehead atoms. The zero-order valence-electron chi connectivity index (χ0n) is 13.0. The highest BCUT2D eigenvalue weighted by Gasteiger charge is 2.18. The Morgan fingerprint density at radius 3 is 2.41 bits per heavy atom. The van der Waals surface area contributed by atoms with E-state index in [0.717, 1.165) is 44.8 Å². The van der Waals surface area contributed by atoms with E-state index in [9.17, 15) is 4.39 Å². The first kappa shape index (κ1) is 15.1. The normalized spacial score (nSPS) is 16.8. The molecule has 1 aromatic heterocycles. The predicted molar refractivity (Wildman–Crippen MR) is 85.9 cm³/mol. The van der Waals surface area contributed by atoms with Crippen molar-refractivity contribution in [2.45, 2.75) is 20.0 Å². The monoisotopic (exact) mass is 299 g/mol. The van der Waals surface area contributed by atoms with E-state index in [2.05, 4.69) is 27.8 Å². The molecule has 3 nitrogen and oxygen atoms in total. The lowest BCUT2D eigenvalue weighted by molar-refractivity contribution is 0.121. The minimum Gasteiger partial charge on any atom is -0.297 e. The lowest BCUT2D eigenvalue weighted by Crippen LogP contribution is -2.45. The Labute approximate surface area is 131 Å². The van der Waals surface area contributed by atoms with Crippen LogP contribution in [0.1, 0.15) is 16.8 Å². The molecule has 1 aliphatic rings. The summed E-state index contributed by atoms with van der Waals surface area (Å²) < 4.78 is 13.2. The molecule has 0 atom stereocenters. The van der Waals surface area contributed by atoms with Gasteiger partial charge in [-0.2, -0.15) is 0 Å². The maximum atomic E-state index is 13.2. The maximum absolute atomic E-state index is 13.2. The fourth-order valence-electron chi connectivity index (χ4n) is 2.89. The number of aromatic nitrogens is 1. The quantitative estimate of drug-likeness (QED) is 0.865. The van der Waals surface area contributed by atoms with Gasteiger partial charge in [-0.3, -0.25) is 14.8 Å². The predicted octanol–water partition coefficient (Wildman–Crippen LogP) is 2.85. The summed E-state index contributed by atoms with van der Waals surface area (Å²) in [7, 11) is 0. The SMILES string of the molecule is Cc1cccnc1CN1CCN(Cc2cccc(F)c2)CC1. The lowest BCUT2D eigenvalue weighted by Gasteiger charge is -2.34. The minimum absolute atomic E-state index is 0.151. The number of hydrogen-bond donors (Lipinski definition) is 0. The van der Waals surface area contributed by atoms with Gasteiger partial charge in [0.15, 0.2) is 0 Å². The van der Waals surface area contributed by atoms with Crippen molar-refractivity contribution < 1.29 is 4.39 Å². The van der Waals surface area contributed by atoms with Gasteiger partial charge in [0, 0.05) is 45.5 Å². The lowest BCUT2D eigenvalue weighted by atomic mass is 10.1. The molecule has 0 unspecified atom stereocenters. The third-order valence-electron chi connectivity index (χ3n) is 4.25. The number of benzene rings is 1. The largest absolute Gasteiger partial charge is 0.297 e. The van der Waals surface area contributed by atoms with Crippen LogP contribution in [0.15, 0.2) is 42.6 Å². The van der Waals surface area contributed by atoms with Crippen LogP contribution >= 0.6 is 0 Å². The van der Waals surface area contributed by atoms with Crippen molar-refractivity contribution in [2.24, 2.45) is 0 Å². The Kier molecular flexibility index (Phi) is 4.80. The molecule has 0 spiro atoms. The van der Waals surface area contributed by atoms with Crippen LogP contribution in [0.3, 0.4) is 0 Å². The van der Waals surface area contributed by atoms with Gasteiger partial charge in [-0.15, -0.1) is 0 Å². The highest BCUT2D eigenvalue weighted by atomic mass is 19.1. The van der Waals surface area contributed by atoms with Crippen molar-refractivity contribution in [2.75, 3.05) is 26.2 Å². The molecular formula is C18H22FN3. The van der Waals surface area contributed by atoms with Crippen molar-refractivity contribution in [1.29, 1.82) is 0 Å². The summed E-state index contributed by atoms with van der Waals surface area (Å²) in [5.41, 5.74) is 3.47. The summed E-state index contributed by atoms with van der Waals surface area (Å²) in [4.78, 5) is 9.30. The average Bonchev–Trinajstić information content (AvgIpc) is 2.52. The van der Waals surface area contributed by atoms with Crippen LogP contribution in [-0.4, -0.2) is 41.0 Å². The van der Waals surface area contributed by atoms with Crippen LogP contribution in [0.5, 0.6) is 0 Å². The van der Waals surface area contributed by atoms with Crippen LogP contribution in [0, 0.1) is 12.7 Å². The molecule has 2 heterocycles. The van der Waals surface area contributed by atoms with E-state index in [4.69, 9.17) is 0 Å². The number of piperazine rings is 1. The zero-order valence-corrected chi connectivity index (χ0v) is 13.0. The van der Waals surface area contributed by atoms with Crippen molar-refractivity contribution in [3.8, 4) is 0 Å². The van der Waals surface area contributed by atoms with Crippen LogP contribution in [0.25, 0.3) is 0 Å². The number of aryl methyl sites for hydroxylation is 1. The van der Waals surface area contributed by atoms with Crippen molar-refractivity contribution in [1.82, 2.24) is 14.8 Å². The van der Waals surface area contributed by atoms with Gasteiger partial charge in [0.1, 0.15) is 5.82 Å². The van der Waals surface area contributed by atoms with Gasteiger partial charge in [0.05, 0.1) is 5.69 Å². The minimum atomic E-state index is -0.151. The standard InChI is InChI=1S/C18H22FN3/c1-15-4-3-7-20-18(15)14-22-10-8-21(9-11-22)13-16-5-2-6-17(19)12-16/h2-7,12H,8-11,13-14H2,1H3. The van der Waals surface area contributed by atoms with Crippen LogP contribution in [0.2, 0.25) is 0 Å². The Balaban J connectivity index is 1.51. The molecule has 0 saturated carbocycles. The molecule has 0 N–H and O–H groups in total. The third-order valence-corrected chi connectivity index (χ3v) is 4.25. The van der Waals surface area contributed by atoms with Gasteiger partial charge in [0.25, 0.3) is 0 Å². The molecule has 1 saturated heterocycles. The Bertz CT molecular complexity index is 621. The molecule has 4 heteroatoms. The van der Waals surface area contributed by atoms with Crippen molar-refractivity contribution >= 4 is 0 Å². The molecule has 0 radical (unpaired) electrons. The van der Waals surface area contributed by atoms with Gasteiger partial charge in [0.2, 0.25) is 0 Å². The smallest absolute Gasteiger partial charge is 0.123 e. The summed E-state index contributed by atoms with van der Waals surface area (Å²) >= 11 is 0. The van der Waals surface area contributed by atoms with Crippen LogP contribution in [-0.2, 0) is 13.1 Å². The van der Waals surface area contributed by atoms with Gasteiger partial charge in [-0.05, 0) is 36.2 Å². The van der Waals surface area contributed by atoms with E-state index >= 15 is 0 Å². The molecule has 22 heavy (non-hydrogen) atoms. The van der Waals surface area contributed by atoms with Crippen molar-refractivity contribution in [3.05, 3.63) is 65.2 Å². The number of nitrogens with zero attached hydrogens (tertiary/aromatic N) is 3. The first-order chi connectivity index (χ1) is 10.7. The van der Waals surface area contributed by atoms with Gasteiger partial charge in [-0.25, -0.2) is 4.39 Å². The molecule has 1 aromatic carbocycles. The molecule has 1 aliphatic heterocycles. The Morgan fingerprint density at radius 1 is 1.00 bits per heavy atom. The zero-order chi connectivity index (χ0) is 15.4. The van der Waals surface area contributed by atoms with E-state index < -0.39 is 0 Å². The number of halogens is 1. The molecule has 116 valence electrons. The molecule has 0 aliphatic carbocycles. The fourth-order valence-corrected chi connectivity index (χ4v) is 2.89. The van der Waals surface area contributed by atoms with Gasteiger partial charge >= 0.3 is 0 Å². The molecule has 1 fully saturated rings. The first-order valence-electron chi connectivity index (χ1n) is 7.80. The molecule has 3 rings (SSSR count). The Morgan fingerprint density at radius 2 is 1.73 bits per heavy atom. The second-order valence-electron chi connectivity index (χ2n) is 5.95. The molecule has 0 amide bonds. The fraction of sp³-hybridized carbons (Fsp3) is 0.389. The highest BCUT2D eigenvalue weighted by molar-refractivity contribution is 5.18. The summed E-state index contributed by atoms with van der Waals surface area (Å²) in [5, 5.41) is 0. The third kappa shape index (κ3) is 3.90. The Hall–Kier alpha value is -1.78. The van der Waals surface area contributed by atoms with Crippen molar-refractivity contribution in [3.63, 3.8) is 0 Å². The van der Waals surface area contributed by atoms with E-state index in [-0.39, 0.29) is 5.82 Å². The molecular weight excluding hydrogens is 277 g/mol. The summed E-state index contributed by atoms with van der Waals surface area (Å²) in [6.45, 7) is 7.96. The first-order valence-corrected chi connectivity index (χ1v) is 7.80. The van der Waals surface area contributed by atoms with E-state index in [1.165, 1.54) is 17.3 Å². The summed E-state index contributed by atoms with van der Waals surface area (Å²) in [5.74, 6) is -0.151. The number of pyridine rings is 1. The van der Waals surface area contributed by atoms with Gasteiger partial charge in [-0.1, -0.05) is 18.2 Å². The average molecular weight is 299 g/mol. The van der Waals surface area contributed by atoms with E-state index in [1.54, 1.807) is 12.1 Å².